The molecule has 0 spiro atoms. The van der Waals surface area contributed by atoms with Crippen molar-refractivity contribution in [2.75, 3.05) is 19.0 Å². The van der Waals surface area contributed by atoms with Gasteiger partial charge in [0.05, 0.1) is 20.1 Å². The first-order chi connectivity index (χ1) is 11.1. The summed E-state index contributed by atoms with van der Waals surface area (Å²) in [6.45, 7) is -0.133. The van der Waals surface area contributed by atoms with Gasteiger partial charge in [-0.25, -0.2) is 4.39 Å². The maximum absolute atomic E-state index is 12.8. The molecule has 0 unspecified atom stereocenters. The molecule has 0 aromatic heterocycles. The minimum absolute atomic E-state index is 0.0933. The predicted molar refractivity (Wildman–Crippen MR) is 84.7 cm³/mol. The van der Waals surface area contributed by atoms with E-state index >= 15 is 0 Å². The second-order valence-electron chi connectivity index (χ2n) is 4.86. The lowest BCUT2D eigenvalue weighted by Gasteiger charge is -2.08. The molecule has 6 heteroatoms. The van der Waals surface area contributed by atoms with Gasteiger partial charge in [-0.2, -0.15) is 0 Å². The molecule has 0 radical (unpaired) electrons. The SMILES string of the molecule is COc1ccc(NC(=O)CNC(=O)Cc2ccc(F)cc2)cc1. The Kier molecular flexibility index (Phi) is 5.68. The Hall–Kier alpha value is -2.89. The van der Waals surface area contributed by atoms with Gasteiger partial charge in [0.25, 0.3) is 0 Å². The summed E-state index contributed by atoms with van der Waals surface area (Å²) in [5.41, 5.74) is 1.29. The van der Waals surface area contributed by atoms with Crippen LogP contribution in [0.5, 0.6) is 5.75 Å². The van der Waals surface area contributed by atoms with Crippen LogP contribution in [0.3, 0.4) is 0 Å². The highest BCUT2D eigenvalue weighted by atomic mass is 19.1. The Bertz CT molecular complexity index is 669. The zero-order chi connectivity index (χ0) is 16.7. The summed E-state index contributed by atoms with van der Waals surface area (Å²) in [7, 11) is 1.56. The van der Waals surface area contributed by atoms with Gasteiger partial charge in [-0.15, -0.1) is 0 Å². The average molecular weight is 316 g/mol. The fourth-order valence-electron chi connectivity index (χ4n) is 1.91. The molecule has 0 heterocycles. The van der Waals surface area contributed by atoms with Gasteiger partial charge in [0.2, 0.25) is 11.8 Å². The van der Waals surface area contributed by atoms with Crippen molar-refractivity contribution in [2.24, 2.45) is 0 Å². The first-order valence-corrected chi connectivity index (χ1v) is 7.02. The van der Waals surface area contributed by atoms with E-state index in [9.17, 15) is 14.0 Å². The molecule has 0 bridgehead atoms. The standard InChI is InChI=1S/C17H17FN2O3/c1-23-15-8-6-14(7-9-15)20-17(22)11-19-16(21)10-12-2-4-13(18)5-3-12/h2-9H,10-11H2,1H3,(H,19,21)(H,20,22). The molecule has 2 amide bonds. The summed E-state index contributed by atoms with van der Waals surface area (Å²) >= 11 is 0. The van der Waals surface area contributed by atoms with E-state index in [1.54, 1.807) is 31.4 Å². The molecule has 5 nitrogen and oxygen atoms in total. The van der Waals surface area contributed by atoms with Gasteiger partial charge < -0.3 is 15.4 Å². The average Bonchev–Trinajstić information content (AvgIpc) is 2.56. The topological polar surface area (TPSA) is 67.4 Å². The van der Waals surface area contributed by atoms with Crippen LogP contribution >= 0.6 is 0 Å². The number of anilines is 1. The number of methoxy groups -OCH3 is 1. The number of halogens is 1. The van der Waals surface area contributed by atoms with Gasteiger partial charge >= 0.3 is 0 Å². The molecular formula is C17H17FN2O3. The van der Waals surface area contributed by atoms with Crippen LogP contribution in [-0.4, -0.2) is 25.5 Å². The van der Waals surface area contributed by atoms with Crippen molar-refractivity contribution in [3.63, 3.8) is 0 Å². The molecule has 120 valence electrons. The summed E-state index contributed by atoms with van der Waals surface area (Å²) in [4.78, 5) is 23.5. The molecular weight excluding hydrogens is 299 g/mol. The van der Waals surface area contributed by atoms with E-state index < -0.39 is 0 Å². The third kappa shape index (κ3) is 5.43. The summed E-state index contributed by atoms with van der Waals surface area (Å²) in [6, 6.07) is 12.5. The van der Waals surface area contributed by atoms with Gasteiger partial charge in [0, 0.05) is 5.69 Å². The lowest BCUT2D eigenvalue weighted by molar-refractivity contribution is -0.123. The van der Waals surface area contributed by atoms with Gasteiger partial charge in [-0.3, -0.25) is 9.59 Å². The highest BCUT2D eigenvalue weighted by Crippen LogP contribution is 2.14. The quantitative estimate of drug-likeness (QED) is 0.858. The number of hydrogen-bond acceptors (Lipinski definition) is 3. The molecule has 2 aromatic rings. The second kappa shape index (κ2) is 7.93. The number of amides is 2. The van der Waals surface area contributed by atoms with E-state index in [0.29, 0.717) is 17.0 Å². The van der Waals surface area contributed by atoms with E-state index in [2.05, 4.69) is 10.6 Å². The maximum atomic E-state index is 12.8. The molecule has 0 atom stereocenters. The Morgan fingerprint density at radius 3 is 2.26 bits per heavy atom. The summed E-state index contributed by atoms with van der Waals surface area (Å²) in [6.07, 6.45) is 0.0933. The molecule has 23 heavy (non-hydrogen) atoms. The van der Waals surface area contributed by atoms with Gasteiger partial charge in [-0.1, -0.05) is 12.1 Å². The first-order valence-electron chi connectivity index (χ1n) is 7.02. The molecule has 2 N–H and O–H groups in total. The molecule has 2 aromatic carbocycles. The molecule has 0 fully saturated rings. The van der Waals surface area contributed by atoms with Crippen LogP contribution in [-0.2, 0) is 16.0 Å². The van der Waals surface area contributed by atoms with E-state index in [0.717, 1.165) is 0 Å². The zero-order valence-corrected chi connectivity index (χ0v) is 12.6. The Labute approximate surface area is 133 Å². The summed E-state index contributed by atoms with van der Waals surface area (Å²) in [5.74, 6) is -0.298. The van der Waals surface area contributed by atoms with E-state index in [1.165, 1.54) is 24.3 Å². The van der Waals surface area contributed by atoms with E-state index in [-0.39, 0.29) is 30.6 Å². The van der Waals surface area contributed by atoms with Crippen LogP contribution in [0.4, 0.5) is 10.1 Å². The van der Waals surface area contributed by atoms with Gasteiger partial charge in [-0.05, 0) is 42.0 Å². The number of nitrogens with one attached hydrogen (secondary N) is 2. The summed E-state index contributed by atoms with van der Waals surface area (Å²) in [5, 5.41) is 5.18. The molecule has 0 aliphatic rings. The highest BCUT2D eigenvalue weighted by Gasteiger charge is 2.07. The van der Waals surface area contributed by atoms with Crippen molar-refractivity contribution in [1.29, 1.82) is 0 Å². The Balaban J connectivity index is 1.76. The minimum atomic E-state index is -0.354. The molecule has 0 aliphatic heterocycles. The maximum Gasteiger partial charge on any atom is 0.243 e. The zero-order valence-electron chi connectivity index (χ0n) is 12.6. The highest BCUT2D eigenvalue weighted by molar-refractivity contribution is 5.94. The number of benzene rings is 2. The largest absolute Gasteiger partial charge is 0.497 e. The Morgan fingerprint density at radius 1 is 1.00 bits per heavy atom. The number of rotatable bonds is 6. The predicted octanol–water partition coefficient (Wildman–Crippen LogP) is 2.13. The minimum Gasteiger partial charge on any atom is -0.497 e. The van der Waals surface area contributed by atoms with Crippen LogP contribution < -0.4 is 15.4 Å². The second-order valence-corrected chi connectivity index (χ2v) is 4.86. The lowest BCUT2D eigenvalue weighted by Crippen LogP contribution is -2.33. The van der Waals surface area contributed by atoms with Crippen LogP contribution in [0.2, 0.25) is 0 Å². The molecule has 0 saturated heterocycles. The van der Waals surface area contributed by atoms with Gasteiger partial charge in [0.1, 0.15) is 11.6 Å². The monoisotopic (exact) mass is 316 g/mol. The van der Waals surface area contributed by atoms with Crippen molar-refractivity contribution in [2.45, 2.75) is 6.42 Å². The number of ether oxygens (including phenoxy) is 1. The van der Waals surface area contributed by atoms with Crippen LogP contribution in [0, 0.1) is 5.82 Å². The number of carbonyl (C=O) groups excluding carboxylic acids is 2. The van der Waals surface area contributed by atoms with Crippen molar-refractivity contribution in [3.8, 4) is 5.75 Å². The third-order valence-corrected chi connectivity index (χ3v) is 3.10. The fraction of sp³-hybridized carbons (Fsp3) is 0.176. The number of hydrogen-bond donors (Lipinski definition) is 2. The first kappa shape index (κ1) is 16.5. The lowest BCUT2D eigenvalue weighted by atomic mass is 10.1. The van der Waals surface area contributed by atoms with Crippen LogP contribution in [0.25, 0.3) is 0 Å². The molecule has 0 aliphatic carbocycles. The van der Waals surface area contributed by atoms with Crippen LogP contribution in [0.15, 0.2) is 48.5 Å². The Morgan fingerprint density at radius 2 is 1.65 bits per heavy atom. The van der Waals surface area contributed by atoms with Crippen LogP contribution in [0.1, 0.15) is 5.56 Å². The van der Waals surface area contributed by atoms with Crippen molar-refractivity contribution < 1.29 is 18.7 Å². The van der Waals surface area contributed by atoms with E-state index in [4.69, 9.17) is 4.74 Å². The normalized spacial score (nSPS) is 10.0. The van der Waals surface area contributed by atoms with E-state index in [1.807, 2.05) is 0 Å². The molecule has 2 rings (SSSR count). The summed E-state index contributed by atoms with van der Waals surface area (Å²) < 4.78 is 17.8. The van der Waals surface area contributed by atoms with Crippen molar-refractivity contribution in [3.05, 3.63) is 59.9 Å². The van der Waals surface area contributed by atoms with Crippen molar-refractivity contribution in [1.82, 2.24) is 5.32 Å². The van der Waals surface area contributed by atoms with Gasteiger partial charge in [0.15, 0.2) is 0 Å². The third-order valence-electron chi connectivity index (χ3n) is 3.10. The molecule has 0 saturated carbocycles. The fourth-order valence-corrected chi connectivity index (χ4v) is 1.91. The smallest absolute Gasteiger partial charge is 0.243 e. The number of carbonyl (C=O) groups is 2. The van der Waals surface area contributed by atoms with Crippen molar-refractivity contribution >= 4 is 17.5 Å².